The first-order valence-corrected chi connectivity index (χ1v) is 6.37. The van der Waals surface area contributed by atoms with Crippen molar-refractivity contribution in [2.24, 2.45) is 0 Å². The van der Waals surface area contributed by atoms with Gasteiger partial charge in [-0.25, -0.2) is 0 Å². The summed E-state index contributed by atoms with van der Waals surface area (Å²) in [4.78, 5) is 20.3. The number of aliphatic hydroxyl groups is 1. The molecule has 1 aromatic carbocycles. The predicted molar refractivity (Wildman–Crippen MR) is 62.3 cm³/mol. The minimum atomic E-state index is -2.40. The van der Waals surface area contributed by atoms with Gasteiger partial charge in [0.15, 0.2) is 0 Å². The molecule has 0 saturated carbocycles. The van der Waals surface area contributed by atoms with Gasteiger partial charge in [0.2, 0.25) is 5.30 Å². The molecule has 0 bridgehead atoms. The first kappa shape index (κ1) is 13.8. The summed E-state index contributed by atoms with van der Waals surface area (Å²) in [7, 11) is -2.40. The molecule has 1 unspecified atom stereocenters. The summed E-state index contributed by atoms with van der Waals surface area (Å²) in [5, 5.41) is 8.81. The van der Waals surface area contributed by atoms with Crippen molar-refractivity contribution in [1.29, 1.82) is 0 Å². The number of aliphatic hydroxyl groups excluding tert-OH is 1. The molecule has 1 atom stereocenters. The summed E-state index contributed by atoms with van der Waals surface area (Å²) in [6, 6.07) is 6.69. The summed E-state index contributed by atoms with van der Waals surface area (Å²) in [5.41, 5.74) is 0.664. The van der Waals surface area contributed by atoms with Crippen molar-refractivity contribution < 1.29 is 24.1 Å². The average Bonchev–Trinajstić information content (AvgIpc) is 2.34. The van der Waals surface area contributed by atoms with Gasteiger partial charge in [-0.15, -0.1) is 0 Å². The zero-order chi connectivity index (χ0) is 12.7. The molecule has 92 valence electrons. The van der Waals surface area contributed by atoms with E-state index in [4.69, 9.17) is 10.00 Å². The summed E-state index contributed by atoms with van der Waals surface area (Å²) in [6.07, 6.45) is 0.474. The van der Waals surface area contributed by atoms with E-state index in [0.717, 1.165) is 0 Å². The minimum absolute atomic E-state index is 0.0191. The van der Waals surface area contributed by atoms with Gasteiger partial charge in [0, 0.05) is 12.0 Å². The molecule has 6 heteroatoms. The second kappa shape index (κ2) is 7.12. The second-order valence-corrected chi connectivity index (χ2v) is 4.37. The van der Waals surface area contributed by atoms with Gasteiger partial charge in [-0.3, -0.25) is 4.79 Å². The van der Waals surface area contributed by atoms with Crippen LogP contribution in [0, 0.1) is 0 Å². The Bertz CT molecular complexity index is 405. The maximum Gasteiger partial charge on any atom is 0.546 e. The lowest BCUT2D eigenvalue weighted by Crippen LogP contribution is -2.12. The van der Waals surface area contributed by atoms with E-state index < -0.39 is 14.0 Å². The van der Waals surface area contributed by atoms with Crippen molar-refractivity contribution in [3.8, 4) is 0 Å². The number of carbonyl (C=O) groups excluding carboxylic acids is 1. The van der Waals surface area contributed by atoms with Gasteiger partial charge >= 0.3 is 14.0 Å². The zero-order valence-electron chi connectivity index (χ0n) is 9.20. The Morgan fingerprint density at radius 2 is 2.06 bits per heavy atom. The summed E-state index contributed by atoms with van der Waals surface area (Å²) < 4.78 is 15.7. The third kappa shape index (κ3) is 4.61. The molecule has 0 fully saturated rings. The highest BCUT2D eigenvalue weighted by molar-refractivity contribution is 7.47. The van der Waals surface area contributed by atoms with Crippen LogP contribution >= 0.6 is 8.03 Å². The molecular formula is C11H14O5P+. The fourth-order valence-electron chi connectivity index (χ4n) is 1.38. The maximum absolute atomic E-state index is 11.2. The topological polar surface area (TPSA) is 83.8 Å². The Labute approximate surface area is 99.9 Å². The SMILES string of the molecule is O=C(CCc1ccccc1[P+](=O)O)OCCO. The first-order valence-electron chi connectivity index (χ1n) is 5.15. The summed E-state index contributed by atoms with van der Waals surface area (Å²) in [6.45, 7) is -0.223. The van der Waals surface area contributed by atoms with Gasteiger partial charge in [-0.05, 0) is 17.1 Å². The van der Waals surface area contributed by atoms with Crippen LogP contribution in [-0.2, 0) is 20.5 Å². The van der Waals surface area contributed by atoms with Gasteiger partial charge in [-0.1, -0.05) is 18.2 Å². The highest BCUT2D eigenvalue weighted by Gasteiger charge is 2.21. The van der Waals surface area contributed by atoms with Crippen LogP contribution < -0.4 is 5.30 Å². The number of ether oxygens (including phenoxy) is 1. The van der Waals surface area contributed by atoms with Crippen LogP contribution in [0.3, 0.4) is 0 Å². The number of benzene rings is 1. The number of carbonyl (C=O) groups is 1. The van der Waals surface area contributed by atoms with Gasteiger partial charge < -0.3 is 9.84 Å². The van der Waals surface area contributed by atoms with E-state index >= 15 is 0 Å². The normalized spacial score (nSPS) is 11.1. The van der Waals surface area contributed by atoms with Crippen LogP contribution in [0.5, 0.6) is 0 Å². The van der Waals surface area contributed by atoms with Crippen LogP contribution in [0.1, 0.15) is 12.0 Å². The molecule has 0 aliphatic rings. The predicted octanol–water partition coefficient (Wildman–Crippen LogP) is 0.515. The fourth-order valence-corrected chi connectivity index (χ4v) is 2.02. The standard InChI is InChI=1S/C11H13O5P/c12-7-8-16-11(13)6-5-9-3-1-2-4-10(9)17(14)15/h1-4,12H,5-8H2/p+1. The monoisotopic (exact) mass is 257 g/mol. The van der Waals surface area contributed by atoms with E-state index in [1.165, 1.54) is 0 Å². The largest absolute Gasteiger partial charge is 0.546 e. The third-order valence-electron chi connectivity index (χ3n) is 2.15. The zero-order valence-corrected chi connectivity index (χ0v) is 10.1. The molecule has 0 heterocycles. The highest BCUT2D eigenvalue weighted by Crippen LogP contribution is 2.17. The molecule has 0 spiro atoms. The van der Waals surface area contributed by atoms with Crippen molar-refractivity contribution in [2.75, 3.05) is 13.2 Å². The van der Waals surface area contributed by atoms with Gasteiger partial charge in [0.1, 0.15) is 6.61 Å². The van der Waals surface area contributed by atoms with Crippen molar-refractivity contribution in [1.82, 2.24) is 0 Å². The first-order chi connectivity index (χ1) is 8.15. The Morgan fingerprint density at radius 1 is 1.35 bits per heavy atom. The van der Waals surface area contributed by atoms with E-state index in [1.807, 2.05) is 0 Å². The molecule has 17 heavy (non-hydrogen) atoms. The third-order valence-corrected chi connectivity index (χ3v) is 3.00. The van der Waals surface area contributed by atoms with Crippen LogP contribution in [0.25, 0.3) is 0 Å². The summed E-state index contributed by atoms with van der Waals surface area (Å²) in [5.74, 6) is -0.429. The Kier molecular flexibility index (Phi) is 5.77. The van der Waals surface area contributed by atoms with Crippen molar-refractivity contribution >= 4 is 19.3 Å². The molecule has 0 aromatic heterocycles. The molecule has 1 aromatic rings. The molecule has 0 aliphatic carbocycles. The van der Waals surface area contributed by atoms with E-state index in [1.54, 1.807) is 24.3 Å². The molecule has 5 nitrogen and oxygen atoms in total. The number of aryl methyl sites for hydroxylation is 1. The molecule has 0 amide bonds. The maximum atomic E-state index is 11.2. The summed E-state index contributed by atoms with van der Waals surface area (Å²) >= 11 is 0. The fraction of sp³-hybridized carbons (Fsp3) is 0.364. The van der Waals surface area contributed by atoms with Gasteiger partial charge in [-0.2, -0.15) is 4.89 Å². The average molecular weight is 257 g/mol. The molecule has 0 radical (unpaired) electrons. The van der Waals surface area contributed by atoms with Crippen molar-refractivity contribution in [3.05, 3.63) is 29.8 Å². The molecular weight excluding hydrogens is 243 g/mol. The lowest BCUT2D eigenvalue weighted by Gasteiger charge is -2.02. The quantitative estimate of drug-likeness (QED) is 0.573. The minimum Gasteiger partial charge on any atom is -0.463 e. The van der Waals surface area contributed by atoms with E-state index in [-0.39, 0.29) is 19.6 Å². The second-order valence-electron chi connectivity index (χ2n) is 3.35. The number of rotatable bonds is 6. The van der Waals surface area contributed by atoms with Crippen LogP contribution in [0.15, 0.2) is 24.3 Å². The number of hydrogen-bond acceptors (Lipinski definition) is 4. The Balaban J connectivity index is 2.57. The van der Waals surface area contributed by atoms with Crippen LogP contribution in [-0.4, -0.2) is 29.2 Å². The molecule has 0 saturated heterocycles. The highest BCUT2D eigenvalue weighted by atomic mass is 31.1. The lowest BCUT2D eigenvalue weighted by molar-refractivity contribution is -0.144. The molecule has 1 rings (SSSR count). The van der Waals surface area contributed by atoms with Gasteiger partial charge in [0.05, 0.1) is 6.61 Å². The number of esters is 1. The van der Waals surface area contributed by atoms with E-state index in [9.17, 15) is 9.36 Å². The molecule has 2 N–H and O–H groups in total. The van der Waals surface area contributed by atoms with Crippen molar-refractivity contribution in [2.45, 2.75) is 12.8 Å². The lowest BCUT2D eigenvalue weighted by atomic mass is 10.1. The van der Waals surface area contributed by atoms with E-state index in [0.29, 0.717) is 17.3 Å². The Hall–Kier alpha value is -1.29. The van der Waals surface area contributed by atoms with E-state index in [2.05, 4.69) is 4.74 Å². The number of hydrogen-bond donors (Lipinski definition) is 2. The van der Waals surface area contributed by atoms with Crippen LogP contribution in [0.2, 0.25) is 0 Å². The Morgan fingerprint density at radius 3 is 2.71 bits per heavy atom. The smallest absolute Gasteiger partial charge is 0.463 e. The van der Waals surface area contributed by atoms with Gasteiger partial charge in [0.25, 0.3) is 0 Å². The van der Waals surface area contributed by atoms with Crippen LogP contribution in [0.4, 0.5) is 0 Å². The molecule has 0 aliphatic heterocycles. The van der Waals surface area contributed by atoms with Crippen molar-refractivity contribution in [3.63, 3.8) is 0 Å².